The molecule has 3 atom stereocenters. The maximum absolute atomic E-state index is 12.8. The summed E-state index contributed by atoms with van der Waals surface area (Å²) >= 11 is 0. The lowest BCUT2D eigenvalue weighted by atomic mass is 9.93. The number of ether oxygens (including phenoxy) is 2. The van der Waals surface area contributed by atoms with Gasteiger partial charge in [-0.3, -0.25) is 4.79 Å². The van der Waals surface area contributed by atoms with E-state index in [0.717, 1.165) is 43.9 Å². The number of fused-ring (bicyclic) bond motifs is 2. The quantitative estimate of drug-likeness (QED) is 0.807. The van der Waals surface area contributed by atoms with Gasteiger partial charge in [0.25, 0.3) is 5.91 Å². The number of quaternary nitrogens is 1. The lowest BCUT2D eigenvalue weighted by Crippen LogP contribution is -3.15. The molecule has 140 valence electrons. The highest BCUT2D eigenvalue weighted by Gasteiger charge is 2.38. The summed E-state index contributed by atoms with van der Waals surface area (Å²) < 4.78 is 10.6. The maximum atomic E-state index is 12.8. The van der Waals surface area contributed by atoms with E-state index in [-0.39, 0.29) is 5.91 Å². The summed E-state index contributed by atoms with van der Waals surface area (Å²) in [6.45, 7) is 5.04. The maximum Gasteiger partial charge on any atom is 0.254 e. The average molecular weight is 357 g/mol. The van der Waals surface area contributed by atoms with E-state index >= 15 is 0 Å². The molecule has 1 heterocycles. The standard InChI is InChI=1S/C21H28N2O3/c1-25-19-6-5-17(13-20(19)26-2)21(24)23-9-7-22(8-10-23)14-18-12-15-3-4-16(18)11-15/h3-6,13,15-16,18H,7-12,14H2,1-2H3/p+1/t15-,16+,18+/m1/s1. The van der Waals surface area contributed by atoms with E-state index in [1.54, 1.807) is 31.3 Å². The van der Waals surface area contributed by atoms with Gasteiger partial charge in [-0.25, -0.2) is 0 Å². The predicted octanol–water partition coefficient (Wildman–Crippen LogP) is 1.26. The molecular formula is C21H29N2O3+. The minimum absolute atomic E-state index is 0.0906. The van der Waals surface area contributed by atoms with Crippen LogP contribution in [0.4, 0.5) is 0 Å². The summed E-state index contributed by atoms with van der Waals surface area (Å²) in [6, 6.07) is 5.41. The fourth-order valence-corrected chi connectivity index (χ4v) is 4.88. The van der Waals surface area contributed by atoms with Gasteiger partial charge in [0.2, 0.25) is 0 Å². The van der Waals surface area contributed by atoms with Crippen molar-refractivity contribution in [1.82, 2.24) is 4.90 Å². The Morgan fingerprint density at radius 1 is 1.12 bits per heavy atom. The Morgan fingerprint density at radius 3 is 2.50 bits per heavy atom. The van der Waals surface area contributed by atoms with E-state index in [1.807, 2.05) is 11.0 Å². The summed E-state index contributed by atoms with van der Waals surface area (Å²) in [5.41, 5.74) is 0.671. The van der Waals surface area contributed by atoms with Gasteiger partial charge in [-0.2, -0.15) is 0 Å². The molecule has 2 bridgehead atoms. The fourth-order valence-electron chi connectivity index (χ4n) is 4.88. The Hall–Kier alpha value is -2.01. The van der Waals surface area contributed by atoms with Crippen LogP contribution in [-0.4, -0.2) is 57.8 Å². The smallest absolute Gasteiger partial charge is 0.254 e. The van der Waals surface area contributed by atoms with E-state index in [2.05, 4.69) is 12.2 Å². The van der Waals surface area contributed by atoms with E-state index in [1.165, 1.54) is 19.4 Å². The molecule has 5 nitrogen and oxygen atoms in total. The number of piperazine rings is 1. The van der Waals surface area contributed by atoms with Crippen molar-refractivity contribution in [3.63, 3.8) is 0 Å². The van der Waals surface area contributed by atoms with Gasteiger partial charge in [0.1, 0.15) is 0 Å². The van der Waals surface area contributed by atoms with Crippen LogP contribution >= 0.6 is 0 Å². The number of benzene rings is 1. The van der Waals surface area contributed by atoms with Crippen LogP contribution in [0.1, 0.15) is 23.2 Å². The third-order valence-corrected chi connectivity index (χ3v) is 6.36. The van der Waals surface area contributed by atoms with Crippen molar-refractivity contribution in [2.45, 2.75) is 12.8 Å². The second kappa shape index (κ2) is 7.31. The highest BCUT2D eigenvalue weighted by atomic mass is 16.5. The molecule has 1 amide bonds. The fraction of sp³-hybridized carbons (Fsp3) is 0.571. The summed E-state index contributed by atoms with van der Waals surface area (Å²) in [7, 11) is 3.20. The Labute approximate surface area is 155 Å². The second-order valence-electron chi connectivity index (χ2n) is 7.86. The Bertz CT molecular complexity index is 694. The van der Waals surface area contributed by atoms with Crippen LogP contribution in [0.25, 0.3) is 0 Å². The number of nitrogens with one attached hydrogen (secondary N) is 1. The van der Waals surface area contributed by atoms with Crippen LogP contribution in [0.5, 0.6) is 11.5 Å². The normalized spacial score (nSPS) is 27.8. The number of rotatable bonds is 5. The predicted molar refractivity (Wildman–Crippen MR) is 99.9 cm³/mol. The Balaban J connectivity index is 1.33. The zero-order valence-electron chi connectivity index (χ0n) is 15.7. The summed E-state index contributed by atoms with van der Waals surface area (Å²) in [4.78, 5) is 16.5. The Morgan fingerprint density at radius 2 is 1.88 bits per heavy atom. The van der Waals surface area contributed by atoms with Crippen LogP contribution in [0, 0.1) is 17.8 Å². The van der Waals surface area contributed by atoms with Crippen molar-refractivity contribution >= 4 is 5.91 Å². The Kier molecular flexibility index (Phi) is 4.90. The molecule has 0 unspecified atom stereocenters. The molecule has 1 saturated carbocycles. The van der Waals surface area contributed by atoms with Gasteiger partial charge in [-0.05, 0) is 42.9 Å². The number of hydrogen-bond acceptors (Lipinski definition) is 3. The van der Waals surface area contributed by atoms with E-state index < -0.39 is 0 Å². The first-order chi connectivity index (χ1) is 12.7. The van der Waals surface area contributed by atoms with Crippen molar-refractivity contribution in [2.75, 3.05) is 46.9 Å². The molecule has 1 aromatic rings. The lowest BCUT2D eigenvalue weighted by Gasteiger charge is -2.34. The molecule has 5 heteroatoms. The van der Waals surface area contributed by atoms with Crippen molar-refractivity contribution in [2.24, 2.45) is 17.8 Å². The van der Waals surface area contributed by atoms with Crippen molar-refractivity contribution in [1.29, 1.82) is 0 Å². The van der Waals surface area contributed by atoms with Crippen molar-refractivity contribution in [3.05, 3.63) is 35.9 Å². The number of carbonyl (C=O) groups is 1. The van der Waals surface area contributed by atoms with Crippen LogP contribution in [-0.2, 0) is 0 Å². The highest BCUT2D eigenvalue weighted by molar-refractivity contribution is 5.95. The van der Waals surface area contributed by atoms with Crippen LogP contribution in [0.15, 0.2) is 30.4 Å². The van der Waals surface area contributed by atoms with Gasteiger partial charge in [0.15, 0.2) is 11.5 Å². The van der Waals surface area contributed by atoms with E-state index in [4.69, 9.17) is 9.47 Å². The lowest BCUT2D eigenvalue weighted by molar-refractivity contribution is -0.907. The van der Waals surface area contributed by atoms with Gasteiger partial charge in [-0.15, -0.1) is 0 Å². The third kappa shape index (κ3) is 3.32. The SMILES string of the molecule is COc1ccc(C(=O)N2CC[NH+](C[C@@H]3C[C@@H]4C=C[C@H]3C4)CC2)cc1OC. The van der Waals surface area contributed by atoms with Crippen LogP contribution in [0.2, 0.25) is 0 Å². The molecule has 26 heavy (non-hydrogen) atoms. The molecule has 1 aromatic carbocycles. The van der Waals surface area contributed by atoms with Crippen molar-refractivity contribution < 1.29 is 19.2 Å². The monoisotopic (exact) mass is 357 g/mol. The molecule has 1 N–H and O–H groups in total. The number of methoxy groups -OCH3 is 2. The van der Waals surface area contributed by atoms with Gasteiger partial charge in [0, 0.05) is 11.5 Å². The first kappa shape index (κ1) is 17.4. The van der Waals surface area contributed by atoms with Crippen molar-refractivity contribution in [3.8, 4) is 11.5 Å². The van der Waals surface area contributed by atoms with Crippen LogP contribution < -0.4 is 14.4 Å². The van der Waals surface area contributed by atoms with Gasteiger partial charge >= 0.3 is 0 Å². The van der Waals surface area contributed by atoms with E-state index in [0.29, 0.717) is 17.1 Å². The number of hydrogen-bond donors (Lipinski definition) is 1. The highest BCUT2D eigenvalue weighted by Crippen LogP contribution is 2.42. The summed E-state index contributed by atoms with van der Waals surface area (Å²) in [5, 5.41) is 0. The molecule has 0 radical (unpaired) electrons. The molecule has 1 saturated heterocycles. The number of nitrogens with zero attached hydrogens (tertiary/aromatic N) is 1. The molecule has 2 fully saturated rings. The second-order valence-corrected chi connectivity index (χ2v) is 7.86. The zero-order valence-corrected chi connectivity index (χ0v) is 15.7. The number of allylic oxidation sites excluding steroid dienone is 2. The van der Waals surface area contributed by atoms with Crippen LogP contribution in [0.3, 0.4) is 0 Å². The summed E-state index contributed by atoms with van der Waals surface area (Å²) in [5.74, 6) is 3.86. The molecule has 3 aliphatic rings. The molecule has 4 rings (SSSR count). The molecular weight excluding hydrogens is 328 g/mol. The van der Waals surface area contributed by atoms with Gasteiger partial charge in [-0.1, -0.05) is 12.2 Å². The average Bonchev–Trinajstić information content (AvgIpc) is 3.30. The number of amides is 1. The van der Waals surface area contributed by atoms with E-state index in [9.17, 15) is 4.79 Å². The molecule has 2 aliphatic carbocycles. The minimum Gasteiger partial charge on any atom is -0.493 e. The first-order valence-corrected chi connectivity index (χ1v) is 9.71. The molecule has 0 spiro atoms. The summed E-state index contributed by atoms with van der Waals surface area (Å²) in [6.07, 6.45) is 7.60. The zero-order chi connectivity index (χ0) is 18.1. The topological polar surface area (TPSA) is 43.2 Å². The first-order valence-electron chi connectivity index (χ1n) is 9.71. The molecule has 1 aliphatic heterocycles. The molecule has 0 aromatic heterocycles. The number of carbonyl (C=O) groups excluding carboxylic acids is 1. The van der Waals surface area contributed by atoms with Gasteiger partial charge < -0.3 is 19.3 Å². The third-order valence-electron chi connectivity index (χ3n) is 6.36. The van der Waals surface area contributed by atoms with Gasteiger partial charge in [0.05, 0.1) is 46.9 Å². The minimum atomic E-state index is 0.0906. The largest absolute Gasteiger partial charge is 0.493 e.